The van der Waals surface area contributed by atoms with Crippen molar-refractivity contribution in [2.75, 3.05) is 6.54 Å². The first-order valence-corrected chi connectivity index (χ1v) is 7.71. The van der Waals surface area contributed by atoms with Crippen molar-refractivity contribution in [2.45, 2.75) is 19.9 Å². The number of rotatable bonds is 3. The minimum Gasteiger partial charge on any atom is -0.320 e. The third kappa shape index (κ3) is 2.61. The first-order valence-electron chi connectivity index (χ1n) is 6.83. The zero-order valence-corrected chi connectivity index (χ0v) is 13.0. The largest absolute Gasteiger partial charge is 0.320 e. The highest BCUT2D eigenvalue weighted by molar-refractivity contribution is 8.16. The maximum Gasteiger partial charge on any atom is 0.173 e. The summed E-state index contributed by atoms with van der Waals surface area (Å²) in [5.74, 6) is -0.276. The molecule has 7 heteroatoms. The number of aliphatic imine (C=N–C) groups is 1. The van der Waals surface area contributed by atoms with Gasteiger partial charge >= 0.3 is 0 Å². The van der Waals surface area contributed by atoms with E-state index in [1.54, 1.807) is 23.9 Å². The first-order chi connectivity index (χ1) is 10.6. The number of azide groups is 1. The molecule has 112 valence electrons. The second-order valence-electron chi connectivity index (χ2n) is 5.11. The van der Waals surface area contributed by atoms with Crippen LogP contribution in [-0.2, 0) is 0 Å². The van der Waals surface area contributed by atoms with Crippen LogP contribution in [0.3, 0.4) is 0 Å². The molecule has 0 bridgehead atoms. The van der Waals surface area contributed by atoms with Crippen molar-refractivity contribution in [1.82, 2.24) is 4.90 Å². The summed E-state index contributed by atoms with van der Waals surface area (Å²) < 4.78 is 13.2. The van der Waals surface area contributed by atoms with Gasteiger partial charge in [-0.25, -0.2) is 9.38 Å². The van der Waals surface area contributed by atoms with E-state index in [4.69, 9.17) is 5.53 Å². The minimum atomic E-state index is -0.374. The van der Waals surface area contributed by atoms with Gasteiger partial charge in [0.05, 0.1) is 18.3 Å². The van der Waals surface area contributed by atoms with Crippen LogP contribution in [0.2, 0.25) is 0 Å². The molecule has 0 aromatic heterocycles. The molecule has 22 heavy (non-hydrogen) atoms. The topological polar surface area (TPSA) is 64.4 Å². The molecule has 2 aliphatic heterocycles. The molecular formula is C15H14FN5S. The van der Waals surface area contributed by atoms with E-state index in [1.807, 2.05) is 19.3 Å². The summed E-state index contributed by atoms with van der Waals surface area (Å²) in [5, 5.41) is 6.70. The number of amidine groups is 1. The highest BCUT2D eigenvalue weighted by Gasteiger charge is 2.29. The second-order valence-corrected chi connectivity index (χ2v) is 5.95. The molecule has 2 heterocycles. The molecule has 1 atom stereocenters. The zero-order chi connectivity index (χ0) is 15.7. The summed E-state index contributed by atoms with van der Waals surface area (Å²) in [6, 6.07) is 5.95. The molecule has 0 saturated heterocycles. The third-order valence-electron chi connectivity index (χ3n) is 3.65. The van der Waals surface area contributed by atoms with Crippen LogP contribution >= 0.6 is 11.8 Å². The van der Waals surface area contributed by atoms with Crippen LogP contribution in [0, 0.1) is 5.82 Å². The van der Waals surface area contributed by atoms with Crippen molar-refractivity contribution in [2.24, 2.45) is 10.1 Å². The number of nitrogens with zero attached hydrogens (tertiary/aromatic N) is 5. The molecule has 5 nitrogen and oxygen atoms in total. The summed E-state index contributed by atoms with van der Waals surface area (Å²) >= 11 is 1.56. The van der Waals surface area contributed by atoms with Crippen LogP contribution in [0.15, 0.2) is 51.2 Å². The minimum absolute atomic E-state index is 0.276. The van der Waals surface area contributed by atoms with Crippen LogP contribution in [0.4, 0.5) is 4.39 Å². The maximum absolute atomic E-state index is 13.2. The maximum atomic E-state index is 13.2. The molecule has 0 amide bonds. The Labute approximate surface area is 131 Å². The Bertz CT molecular complexity index is 744. The highest BCUT2D eigenvalue weighted by Crippen LogP contribution is 2.36. The molecule has 2 aliphatic rings. The Morgan fingerprint density at radius 3 is 2.82 bits per heavy atom. The van der Waals surface area contributed by atoms with Crippen LogP contribution in [0.5, 0.6) is 0 Å². The summed E-state index contributed by atoms with van der Waals surface area (Å²) in [5.41, 5.74) is 12.4. The quantitative estimate of drug-likeness (QED) is 0.468. The summed E-state index contributed by atoms with van der Waals surface area (Å²) in [4.78, 5) is 9.66. The van der Waals surface area contributed by atoms with Gasteiger partial charge in [0.1, 0.15) is 5.82 Å². The fraction of sp³-hybridized carbons (Fsp3) is 0.267. The molecular weight excluding hydrogens is 301 g/mol. The Kier molecular flexibility index (Phi) is 3.92. The van der Waals surface area contributed by atoms with Crippen molar-refractivity contribution in [3.05, 3.63) is 62.9 Å². The number of fused-ring (bicyclic) bond motifs is 1. The van der Waals surface area contributed by atoms with E-state index in [0.717, 1.165) is 27.7 Å². The van der Waals surface area contributed by atoms with Gasteiger partial charge in [0.2, 0.25) is 0 Å². The van der Waals surface area contributed by atoms with Crippen molar-refractivity contribution >= 4 is 22.5 Å². The molecule has 0 spiro atoms. The molecule has 0 saturated carbocycles. The lowest BCUT2D eigenvalue weighted by Crippen LogP contribution is -2.30. The van der Waals surface area contributed by atoms with Gasteiger partial charge in [-0.05, 0) is 35.6 Å². The van der Waals surface area contributed by atoms with Crippen molar-refractivity contribution < 1.29 is 4.39 Å². The lowest BCUT2D eigenvalue weighted by atomic mass is 9.99. The van der Waals surface area contributed by atoms with Gasteiger partial charge in [0, 0.05) is 16.2 Å². The van der Waals surface area contributed by atoms with Crippen molar-refractivity contribution in [3.8, 4) is 0 Å². The highest BCUT2D eigenvalue weighted by atomic mass is 32.2. The molecule has 1 aromatic rings. The zero-order valence-electron chi connectivity index (χ0n) is 12.2. The van der Waals surface area contributed by atoms with Crippen LogP contribution in [-0.4, -0.2) is 22.7 Å². The van der Waals surface area contributed by atoms with Gasteiger partial charge in [-0.15, -0.1) is 0 Å². The van der Waals surface area contributed by atoms with Gasteiger partial charge < -0.3 is 4.90 Å². The number of hydrogen-bond donors (Lipinski definition) is 0. The predicted octanol–water partition coefficient (Wildman–Crippen LogP) is 4.52. The van der Waals surface area contributed by atoms with E-state index in [0.29, 0.717) is 6.54 Å². The lowest BCUT2D eigenvalue weighted by Gasteiger charge is -2.29. The van der Waals surface area contributed by atoms with Crippen molar-refractivity contribution in [1.29, 1.82) is 0 Å². The Morgan fingerprint density at radius 2 is 2.14 bits per heavy atom. The average molecular weight is 315 g/mol. The van der Waals surface area contributed by atoms with Gasteiger partial charge in [0.15, 0.2) is 5.17 Å². The number of allylic oxidation sites excluding steroid dienone is 1. The Balaban J connectivity index is 2.10. The Morgan fingerprint density at radius 1 is 1.41 bits per heavy atom. The van der Waals surface area contributed by atoms with E-state index in [1.165, 1.54) is 12.1 Å². The standard InChI is InChI=1S/C15H14FN5S/c1-9-8-22-15-18-14(10(2)19-20-17)13(7-21(9)15)11-3-5-12(16)6-4-11/h3-6,8,10H,7H2,1-2H3. The Hall–Kier alpha value is -2.24. The van der Waals surface area contributed by atoms with E-state index in [9.17, 15) is 4.39 Å². The van der Waals surface area contributed by atoms with E-state index in [-0.39, 0.29) is 11.9 Å². The SMILES string of the molecule is CC1=CSC2=NC(C(C)N=[N+]=[N-])=C(c3ccc(F)cc3)CN12. The summed E-state index contributed by atoms with van der Waals surface area (Å²) in [6.07, 6.45) is 0. The molecule has 0 N–H and O–H groups in total. The molecule has 1 aromatic carbocycles. The molecule has 0 radical (unpaired) electrons. The average Bonchev–Trinajstić information content (AvgIpc) is 2.88. The van der Waals surface area contributed by atoms with Crippen LogP contribution < -0.4 is 0 Å². The van der Waals surface area contributed by atoms with Gasteiger partial charge in [-0.1, -0.05) is 35.9 Å². The van der Waals surface area contributed by atoms with E-state index in [2.05, 4.69) is 19.9 Å². The molecule has 3 rings (SSSR count). The number of halogens is 1. The normalized spacial score (nSPS) is 18.4. The monoisotopic (exact) mass is 315 g/mol. The van der Waals surface area contributed by atoms with E-state index < -0.39 is 0 Å². The predicted molar refractivity (Wildman–Crippen MR) is 87.4 cm³/mol. The third-order valence-corrected chi connectivity index (χ3v) is 4.63. The molecule has 1 unspecified atom stereocenters. The number of thioether (sulfide) groups is 1. The summed E-state index contributed by atoms with van der Waals surface area (Å²) in [7, 11) is 0. The van der Waals surface area contributed by atoms with E-state index >= 15 is 0 Å². The van der Waals surface area contributed by atoms with Crippen LogP contribution in [0.25, 0.3) is 16.0 Å². The smallest absolute Gasteiger partial charge is 0.173 e. The van der Waals surface area contributed by atoms with Crippen LogP contribution in [0.1, 0.15) is 19.4 Å². The molecule has 0 fully saturated rings. The number of benzene rings is 1. The first kappa shape index (κ1) is 14.7. The van der Waals surface area contributed by atoms with Crippen molar-refractivity contribution in [3.63, 3.8) is 0 Å². The van der Waals surface area contributed by atoms with Gasteiger partial charge in [0.25, 0.3) is 0 Å². The fourth-order valence-corrected chi connectivity index (χ4v) is 3.36. The fourth-order valence-electron chi connectivity index (χ4n) is 2.47. The van der Waals surface area contributed by atoms with Gasteiger partial charge in [-0.3, -0.25) is 0 Å². The van der Waals surface area contributed by atoms with Gasteiger partial charge in [-0.2, -0.15) is 0 Å². The second kappa shape index (κ2) is 5.87. The number of hydrogen-bond acceptors (Lipinski definition) is 4. The lowest BCUT2D eigenvalue weighted by molar-refractivity contribution is 0.580. The summed E-state index contributed by atoms with van der Waals surface area (Å²) in [6.45, 7) is 4.48. The molecule has 0 aliphatic carbocycles.